The van der Waals surface area contributed by atoms with Crippen LogP contribution in [-0.2, 0) is 32.9 Å². The van der Waals surface area contributed by atoms with E-state index >= 15 is 0 Å². The molecule has 16 nitrogen and oxygen atoms in total. The first-order valence-electron chi connectivity index (χ1n) is 13.9. The summed E-state index contributed by atoms with van der Waals surface area (Å²) < 4.78 is 37.5. The fourth-order valence-corrected chi connectivity index (χ4v) is 5.57. The number of aromatic nitrogens is 2. The minimum absolute atomic E-state index is 0.0553. The van der Waals surface area contributed by atoms with Gasteiger partial charge in [-0.2, -0.15) is 0 Å². The van der Waals surface area contributed by atoms with E-state index in [1.165, 1.54) is 27.0 Å². The van der Waals surface area contributed by atoms with Crippen molar-refractivity contribution < 1.29 is 32.9 Å². The molecule has 0 radical (unpaired) electrons. The van der Waals surface area contributed by atoms with E-state index in [1.54, 1.807) is 0 Å². The number of hydrogen-bond acceptors (Lipinski definition) is 10. The first-order valence-corrected chi connectivity index (χ1v) is 15.5. The maximum absolute atomic E-state index is 14.0. The van der Waals surface area contributed by atoms with Crippen molar-refractivity contribution in [3.05, 3.63) is 43.0 Å². The zero-order valence-corrected chi connectivity index (χ0v) is 27.1. The van der Waals surface area contributed by atoms with Crippen molar-refractivity contribution >= 4 is 19.6 Å². The van der Waals surface area contributed by atoms with Gasteiger partial charge < -0.3 is 18.7 Å². The molecule has 0 saturated carbocycles. The molecule has 0 amide bonds. The third-order valence-electron chi connectivity index (χ3n) is 6.01. The van der Waals surface area contributed by atoms with E-state index in [9.17, 15) is 23.7 Å². The topological polar surface area (TPSA) is 216 Å². The quantitative estimate of drug-likeness (QED) is 0.0947. The third kappa shape index (κ3) is 11.5. The fourth-order valence-electron chi connectivity index (χ4n) is 3.75. The molecule has 43 heavy (non-hydrogen) atoms. The fraction of sp³-hybridized carbons (Fsp3) is 0.769. The Balaban J connectivity index is 2.26. The summed E-state index contributed by atoms with van der Waals surface area (Å²) in [5, 5.41) is 8.95. The van der Waals surface area contributed by atoms with Gasteiger partial charge >= 0.3 is 25.3 Å². The minimum Gasteiger partial charge on any atom is -0.464 e. The molecule has 1 fully saturated rings. The number of aryl methyl sites for hydroxylation is 1. The molecule has 3 N–H and O–H groups in total. The maximum Gasteiger partial charge on any atom is 0.342 e. The van der Waals surface area contributed by atoms with Crippen LogP contribution >= 0.6 is 7.67 Å². The van der Waals surface area contributed by atoms with Crippen molar-refractivity contribution in [1.82, 2.24) is 19.7 Å². The van der Waals surface area contributed by atoms with E-state index in [0.717, 1.165) is 4.57 Å². The number of rotatable bonds is 13. The van der Waals surface area contributed by atoms with E-state index in [0.29, 0.717) is 0 Å². The zero-order valence-electron chi connectivity index (χ0n) is 26.2. The molecule has 1 unspecified atom stereocenters. The second kappa shape index (κ2) is 14.7. The second-order valence-corrected chi connectivity index (χ2v) is 14.9. The van der Waals surface area contributed by atoms with Gasteiger partial charge in [-0.25, -0.2) is 15.0 Å². The van der Waals surface area contributed by atoms with Crippen molar-refractivity contribution in [3.8, 4) is 0 Å². The first kappa shape index (κ1) is 36.2. The predicted octanol–water partition coefficient (Wildman–Crippen LogP) is 3.07. The lowest BCUT2D eigenvalue weighted by Gasteiger charge is -2.28. The van der Waals surface area contributed by atoms with Gasteiger partial charge in [-0.1, -0.05) is 46.7 Å². The van der Waals surface area contributed by atoms with Crippen molar-refractivity contribution in [1.29, 1.82) is 0 Å². The van der Waals surface area contributed by atoms with Crippen LogP contribution in [0.2, 0.25) is 0 Å². The molecule has 1 aliphatic heterocycles. The summed E-state index contributed by atoms with van der Waals surface area (Å²) in [5.74, 6) is -1.39. The van der Waals surface area contributed by atoms with Crippen LogP contribution < -0.4 is 21.4 Å². The Labute approximate surface area is 250 Å². The van der Waals surface area contributed by atoms with Crippen molar-refractivity contribution in [2.24, 2.45) is 15.9 Å². The van der Waals surface area contributed by atoms with Gasteiger partial charge in [0.05, 0.1) is 32.0 Å². The highest BCUT2D eigenvalue weighted by molar-refractivity contribution is 7.54. The third-order valence-corrected chi connectivity index (χ3v) is 7.98. The molecule has 1 aliphatic rings. The number of ether oxygens (including phenoxy) is 3. The standard InChI is InChI=1S/C26H44N7O9P/c1-15-11-33(24(37)28-21(15)34)20-10-18(29-32-27)19(42-20)12-41-43(38,30-16(2)22(35)39-13-25(4,5)6)31-17(3)23(36)40-14-26(7,8)9/h11,16-20H,10,12-14H2,1-9H3,(H,28,34,37)(H2,30,31,38)/t16-,17-,18?,19+,20+/m0/s1. The van der Waals surface area contributed by atoms with E-state index in [1.807, 2.05) is 41.5 Å². The molecule has 0 spiro atoms. The monoisotopic (exact) mass is 629 g/mol. The number of nitrogens with zero attached hydrogens (tertiary/aromatic N) is 4. The van der Waals surface area contributed by atoms with Crippen LogP contribution in [0.4, 0.5) is 0 Å². The number of esters is 2. The summed E-state index contributed by atoms with van der Waals surface area (Å²) in [4.78, 5) is 54.6. The van der Waals surface area contributed by atoms with Crippen molar-refractivity contribution in [2.75, 3.05) is 19.8 Å². The summed E-state index contributed by atoms with van der Waals surface area (Å²) in [7, 11) is -4.21. The van der Waals surface area contributed by atoms with E-state index in [-0.39, 0.29) is 36.0 Å². The van der Waals surface area contributed by atoms with E-state index in [4.69, 9.17) is 24.3 Å². The van der Waals surface area contributed by atoms with Gasteiger partial charge in [0.15, 0.2) is 0 Å². The smallest absolute Gasteiger partial charge is 0.342 e. The summed E-state index contributed by atoms with van der Waals surface area (Å²) >= 11 is 0. The molecule has 2 heterocycles. The van der Waals surface area contributed by atoms with Crippen molar-refractivity contribution in [2.45, 2.75) is 99.2 Å². The van der Waals surface area contributed by atoms with Gasteiger partial charge in [0.1, 0.15) is 18.3 Å². The van der Waals surface area contributed by atoms with Gasteiger partial charge in [-0.05, 0) is 37.1 Å². The molecule has 17 heteroatoms. The van der Waals surface area contributed by atoms with Crippen molar-refractivity contribution in [3.63, 3.8) is 0 Å². The largest absolute Gasteiger partial charge is 0.464 e. The van der Waals surface area contributed by atoms with E-state index < -0.39 is 67.9 Å². The Morgan fingerprint density at radius 2 is 1.63 bits per heavy atom. The number of carbonyl (C=O) groups excluding carboxylic acids is 2. The van der Waals surface area contributed by atoms with Crippen LogP contribution in [-0.4, -0.2) is 65.5 Å². The van der Waals surface area contributed by atoms with Crippen LogP contribution in [0.5, 0.6) is 0 Å². The molecule has 1 aromatic rings. The molecule has 5 atom stereocenters. The van der Waals surface area contributed by atoms with Gasteiger partial charge in [0.25, 0.3) is 5.56 Å². The normalized spacial score (nSPS) is 20.6. The number of H-pyrrole nitrogens is 1. The SMILES string of the molecule is Cc1cn([C@H]2CC(N=[N+]=[N-])[C@@H](COP(=O)(N[C@@H](C)C(=O)OCC(C)(C)C)N[C@@H](C)C(=O)OCC(C)(C)C)O2)c(=O)[nH]c1=O. The summed E-state index contributed by atoms with van der Waals surface area (Å²) in [5.41, 5.74) is 7.48. The molecule has 1 saturated heterocycles. The Morgan fingerprint density at radius 1 is 1.12 bits per heavy atom. The number of aromatic amines is 1. The average Bonchev–Trinajstić information content (AvgIpc) is 3.28. The molecule has 2 rings (SSSR count). The predicted molar refractivity (Wildman–Crippen MR) is 157 cm³/mol. The van der Waals surface area contributed by atoms with Crippen LogP contribution in [0.15, 0.2) is 20.9 Å². The Morgan fingerprint density at radius 3 is 2.09 bits per heavy atom. The first-order chi connectivity index (χ1) is 19.7. The van der Waals surface area contributed by atoms with E-state index in [2.05, 4.69) is 25.2 Å². The number of nitrogens with one attached hydrogen (secondary N) is 3. The maximum atomic E-state index is 14.0. The minimum atomic E-state index is -4.21. The lowest BCUT2D eigenvalue weighted by molar-refractivity contribution is -0.148. The highest BCUT2D eigenvalue weighted by Gasteiger charge is 2.40. The highest BCUT2D eigenvalue weighted by Crippen LogP contribution is 2.41. The highest BCUT2D eigenvalue weighted by atomic mass is 31.2. The average molecular weight is 630 g/mol. The van der Waals surface area contributed by atoms with Gasteiger partial charge in [0, 0.05) is 23.1 Å². The van der Waals surface area contributed by atoms with Crippen LogP contribution in [0.3, 0.4) is 0 Å². The summed E-state index contributed by atoms with van der Waals surface area (Å²) in [6.07, 6.45) is -0.528. The van der Waals surface area contributed by atoms with Gasteiger partial charge in [0.2, 0.25) is 0 Å². The molecular weight excluding hydrogens is 585 g/mol. The van der Waals surface area contributed by atoms with Crippen LogP contribution in [0.25, 0.3) is 10.4 Å². The second-order valence-electron chi connectivity index (χ2n) is 13.0. The molecule has 0 aromatic carbocycles. The van der Waals surface area contributed by atoms with Gasteiger partial charge in [-0.3, -0.25) is 28.5 Å². The number of hydrogen-bond donors (Lipinski definition) is 3. The summed E-state index contributed by atoms with van der Waals surface area (Å²) in [6, 6.07) is -3.08. The summed E-state index contributed by atoms with van der Waals surface area (Å²) in [6.45, 7) is 15.5. The molecule has 0 aliphatic carbocycles. The molecular formula is C26H44N7O9P. The number of azide groups is 1. The molecule has 0 bridgehead atoms. The molecule has 1 aromatic heterocycles. The Hall–Kier alpha value is -3.00. The molecule has 242 valence electrons. The Kier molecular flexibility index (Phi) is 12.3. The number of carbonyl (C=O) groups is 2. The van der Waals surface area contributed by atoms with Gasteiger partial charge in [-0.15, -0.1) is 0 Å². The van der Waals surface area contributed by atoms with Crippen LogP contribution in [0, 0.1) is 17.8 Å². The Bertz CT molecular complexity index is 1320. The lowest BCUT2D eigenvalue weighted by atomic mass is 9.99. The lowest BCUT2D eigenvalue weighted by Crippen LogP contribution is -2.43. The zero-order chi connectivity index (χ0) is 32.8. The van der Waals surface area contributed by atoms with Crippen LogP contribution in [0.1, 0.15) is 73.6 Å².